The molecule has 0 aliphatic rings. The summed E-state index contributed by atoms with van der Waals surface area (Å²) in [6, 6.07) is 0. The van der Waals surface area contributed by atoms with Crippen LogP contribution < -0.4 is 0 Å². The topological polar surface area (TPSA) is 0 Å². The van der Waals surface area contributed by atoms with Crippen molar-refractivity contribution in [3.63, 3.8) is 0 Å². The lowest BCUT2D eigenvalue weighted by atomic mass is 10.0. The van der Waals surface area contributed by atoms with Gasteiger partial charge in [0.25, 0.3) is 0 Å². The van der Waals surface area contributed by atoms with Gasteiger partial charge in [-0.15, -0.1) is 0 Å². The van der Waals surface area contributed by atoms with Crippen LogP contribution in [0.2, 0.25) is 0 Å². The quantitative estimate of drug-likeness (QED) is 0.616. The third kappa shape index (κ3) is 8.25. The summed E-state index contributed by atoms with van der Waals surface area (Å²) in [7, 11) is -0.269. The lowest BCUT2D eigenvalue weighted by molar-refractivity contribution is 0.474. The fourth-order valence-electron chi connectivity index (χ4n) is 1.73. The Hall–Kier alpha value is 0.350. The molecule has 11 heavy (non-hydrogen) atoms. The van der Waals surface area contributed by atoms with Crippen LogP contribution in [-0.4, -0.2) is 24.5 Å². The van der Waals surface area contributed by atoms with E-state index >= 15 is 0 Å². The third-order valence-electron chi connectivity index (χ3n) is 1.66. The van der Waals surface area contributed by atoms with Crippen LogP contribution in [-0.2, 0) is 0 Å². The van der Waals surface area contributed by atoms with Crippen molar-refractivity contribution < 1.29 is 0 Å². The van der Waals surface area contributed by atoms with Crippen LogP contribution in [0.15, 0.2) is 0 Å². The van der Waals surface area contributed by atoms with E-state index in [0.717, 1.165) is 11.8 Å². The minimum absolute atomic E-state index is 0.269. The van der Waals surface area contributed by atoms with Gasteiger partial charge in [-0.1, -0.05) is 20.8 Å². The molecule has 0 saturated heterocycles. The molecule has 70 valence electrons. The number of rotatable bonds is 4. The van der Waals surface area contributed by atoms with Crippen LogP contribution in [0.25, 0.3) is 0 Å². The fourth-order valence-corrected chi connectivity index (χ4v) is 3.57. The molecule has 0 aromatic rings. The van der Waals surface area contributed by atoms with Gasteiger partial charge >= 0.3 is 0 Å². The average Bonchev–Trinajstić information content (AvgIpc) is 1.53. The molecule has 0 spiro atoms. The van der Waals surface area contributed by atoms with Crippen molar-refractivity contribution in [1.82, 2.24) is 0 Å². The second-order valence-corrected chi connectivity index (χ2v) is 9.51. The Morgan fingerprint density at radius 2 is 1.45 bits per heavy atom. The molecule has 1 unspecified atom stereocenters. The molecule has 0 N–H and O–H groups in total. The Morgan fingerprint density at radius 1 is 1.00 bits per heavy atom. The summed E-state index contributed by atoms with van der Waals surface area (Å²) in [5, 5.41) is 0. The van der Waals surface area contributed by atoms with Gasteiger partial charge in [-0.3, -0.25) is 0 Å². The Bertz CT molecular complexity index is 99.9. The summed E-state index contributed by atoms with van der Waals surface area (Å²) in [6.07, 6.45) is 8.61. The molecule has 0 aliphatic carbocycles. The molecule has 1 heteroatoms. The standard InChI is InChI=1S/C10H24S/c1-9(2)7-10(3)8-11(4,5)6/h9-10H,7-8H2,1-6H3. The summed E-state index contributed by atoms with van der Waals surface area (Å²) in [4.78, 5) is 0. The van der Waals surface area contributed by atoms with E-state index in [-0.39, 0.29) is 10.0 Å². The minimum atomic E-state index is -0.269. The molecular formula is C10H24S. The predicted molar refractivity (Wildman–Crippen MR) is 58.8 cm³/mol. The largest absolute Gasteiger partial charge is 0.249 e. The lowest BCUT2D eigenvalue weighted by Gasteiger charge is -2.29. The molecule has 0 aliphatic heterocycles. The van der Waals surface area contributed by atoms with E-state index in [4.69, 9.17) is 0 Å². The summed E-state index contributed by atoms with van der Waals surface area (Å²) >= 11 is 0. The molecule has 0 radical (unpaired) electrons. The summed E-state index contributed by atoms with van der Waals surface area (Å²) in [5.74, 6) is 3.22. The smallest absolute Gasteiger partial charge is 0.0209 e. The zero-order valence-electron chi connectivity index (χ0n) is 8.98. The van der Waals surface area contributed by atoms with Crippen LogP contribution in [0.1, 0.15) is 27.2 Å². The molecule has 0 saturated carbocycles. The van der Waals surface area contributed by atoms with E-state index in [2.05, 4.69) is 39.5 Å². The maximum atomic E-state index is 2.41. The van der Waals surface area contributed by atoms with E-state index in [1.54, 1.807) is 0 Å². The van der Waals surface area contributed by atoms with E-state index in [0.29, 0.717) is 0 Å². The van der Waals surface area contributed by atoms with Crippen molar-refractivity contribution >= 4 is 10.0 Å². The number of hydrogen-bond acceptors (Lipinski definition) is 0. The van der Waals surface area contributed by atoms with Crippen molar-refractivity contribution in [2.24, 2.45) is 11.8 Å². The molecule has 0 amide bonds. The Labute approximate surface area is 74.1 Å². The molecule has 0 aromatic carbocycles. The average molecular weight is 176 g/mol. The SMILES string of the molecule is CC(C)CC(C)CS(C)(C)C. The zero-order chi connectivity index (χ0) is 9.07. The molecule has 0 aromatic heterocycles. The van der Waals surface area contributed by atoms with E-state index < -0.39 is 0 Å². The lowest BCUT2D eigenvalue weighted by Crippen LogP contribution is -2.10. The van der Waals surface area contributed by atoms with Crippen molar-refractivity contribution in [3.8, 4) is 0 Å². The van der Waals surface area contributed by atoms with Crippen molar-refractivity contribution in [1.29, 1.82) is 0 Å². The van der Waals surface area contributed by atoms with Gasteiger partial charge in [-0.2, -0.15) is 0 Å². The summed E-state index contributed by atoms with van der Waals surface area (Å²) in [5.41, 5.74) is 0. The second kappa shape index (κ2) is 4.39. The normalized spacial score (nSPS) is 17.0. The highest BCUT2D eigenvalue weighted by Crippen LogP contribution is 2.38. The van der Waals surface area contributed by atoms with Gasteiger partial charge in [0.15, 0.2) is 0 Å². The molecule has 1 atom stereocenters. The first kappa shape index (κ1) is 11.4. The van der Waals surface area contributed by atoms with Gasteiger partial charge < -0.3 is 0 Å². The zero-order valence-corrected chi connectivity index (χ0v) is 9.79. The van der Waals surface area contributed by atoms with Crippen LogP contribution in [0.3, 0.4) is 0 Å². The summed E-state index contributed by atoms with van der Waals surface area (Å²) < 4.78 is 0. The fraction of sp³-hybridized carbons (Fsp3) is 1.00. The molecule has 0 heterocycles. The van der Waals surface area contributed by atoms with Gasteiger partial charge in [0.05, 0.1) is 0 Å². The molecule has 0 rings (SSSR count). The highest BCUT2D eigenvalue weighted by Gasteiger charge is 2.11. The highest BCUT2D eigenvalue weighted by atomic mass is 32.3. The first-order chi connectivity index (χ1) is 4.81. The van der Waals surface area contributed by atoms with Crippen molar-refractivity contribution in [2.75, 3.05) is 24.5 Å². The van der Waals surface area contributed by atoms with E-state index in [1.165, 1.54) is 12.2 Å². The Morgan fingerprint density at radius 3 is 1.73 bits per heavy atom. The molecular weight excluding hydrogens is 152 g/mol. The maximum absolute atomic E-state index is 2.41. The highest BCUT2D eigenvalue weighted by molar-refractivity contribution is 8.32. The predicted octanol–water partition coefficient (Wildman–Crippen LogP) is 3.36. The van der Waals surface area contributed by atoms with E-state index in [9.17, 15) is 0 Å². The molecule has 0 nitrogen and oxygen atoms in total. The maximum Gasteiger partial charge on any atom is -0.0209 e. The Kier molecular flexibility index (Phi) is 4.53. The first-order valence-electron chi connectivity index (χ1n) is 4.47. The monoisotopic (exact) mass is 176 g/mol. The minimum Gasteiger partial charge on any atom is -0.249 e. The van der Waals surface area contributed by atoms with Crippen LogP contribution in [0.4, 0.5) is 0 Å². The van der Waals surface area contributed by atoms with E-state index in [1.807, 2.05) is 0 Å². The van der Waals surface area contributed by atoms with Gasteiger partial charge in [0, 0.05) is 0 Å². The number of hydrogen-bond donors (Lipinski definition) is 0. The first-order valence-corrected chi connectivity index (χ1v) is 7.50. The third-order valence-corrected chi connectivity index (χ3v) is 3.23. The van der Waals surface area contributed by atoms with Gasteiger partial charge in [-0.05, 0) is 42.8 Å². The summed E-state index contributed by atoms with van der Waals surface area (Å²) in [6.45, 7) is 7.02. The van der Waals surface area contributed by atoms with Crippen LogP contribution in [0.5, 0.6) is 0 Å². The van der Waals surface area contributed by atoms with Gasteiger partial charge in [0.2, 0.25) is 0 Å². The van der Waals surface area contributed by atoms with Crippen LogP contribution in [0, 0.1) is 11.8 Å². The Balaban J connectivity index is 3.61. The van der Waals surface area contributed by atoms with Crippen molar-refractivity contribution in [2.45, 2.75) is 27.2 Å². The van der Waals surface area contributed by atoms with Gasteiger partial charge in [0.1, 0.15) is 0 Å². The van der Waals surface area contributed by atoms with Crippen molar-refractivity contribution in [3.05, 3.63) is 0 Å². The molecule has 0 fully saturated rings. The van der Waals surface area contributed by atoms with Crippen LogP contribution >= 0.6 is 10.0 Å². The van der Waals surface area contributed by atoms with Gasteiger partial charge in [-0.25, -0.2) is 10.0 Å². The second-order valence-electron chi connectivity index (χ2n) is 4.99. The molecule has 0 bridgehead atoms.